The summed E-state index contributed by atoms with van der Waals surface area (Å²) >= 11 is 0. The lowest BCUT2D eigenvalue weighted by Crippen LogP contribution is -2.26. The molecule has 0 spiro atoms. The van der Waals surface area contributed by atoms with Gasteiger partial charge in [-0.1, -0.05) is 6.92 Å². The molecule has 0 aliphatic rings. The van der Waals surface area contributed by atoms with Gasteiger partial charge in [-0.3, -0.25) is 9.36 Å². The van der Waals surface area contributed by atoms with E-state index in [1.807, 2.05) is 29.7 Å². The van der Waals surface area contributed by atoms with E-state index in [-0.39, 0.29) is 6.04 Å². The molecule has 20 heavy (non-hydrogen) atoms. The summed E-state index contributed by atoms with van der Waals surface area (Å²) in [7, 11) is 4.00. The summed E-state index contributed by atoms with van der Waals surface area (Å²) < 4.78 is 3.92. The number of nitrogens with zero attached hydrogens (tertiary/aromatic N) is 4. The lowest BCUT2D eigenvalue weighted by atomic mass is 10.0. The van der Waals surface area contributed by atoms with Crippen LogP contribution in [0.3, 0.4) is 0 Å². The van der Waals surface area contributed by atoms with Crippen molar-refractivity contribution < 1.29 is 0 Å². The van der Waals surface area contributed by atoms with Gasteiger partial charge in [0.1, 0.15) is 0 Å². The Kier molecular flexibility index (Phi) is 4.60. The highest BCUT2D eigenvalue weighted by atomic mass is 15.3. The Morgan fingerprint density at radius 3 is 2.50 bits per heavy atom. The van der Waals surface area contributed by atoms with E-state index in [0.29, 0.717) is 0 Å². The molecule has 0 saturated heterocycles. The van der Waals surface area contributed by atoms with Gasteiger partial charge in [0, 0.05) is 26.0 Å². The maximum absolute atomic E-state index is 4.51. The van der Waals surface area contributed by atoms with Gasteiger partial charge in [-0.05, 0) is 44.9 Å². The van der Waals surface area contributed by atoms with E-state index in [1.54, 1.807) is 0 Å². The largest absolute Gasteiger partial charge is 0.308 e. The molecule has 5 nitrogen and oxygen atoms in total. The molecule has 0 fully saturated rings. The first-order valence-electron chi connectivity index (χ1n) is 7.25. The van der Waals surface area contributed by atoms with Crippen LogP contribution < -0.4 is 5.32 Å². The fourth-order valence-corrected chi connectivity index (χ4v) is 2.64. The molecule has 0 saturated carbocycles. The first kappa shape index (κ1) is 14.8. The van der Waals surface area contributed by atoms with Crippen molar-refractivity contribution in [3.63, 3.8) is 0 Å². The van der Waals surface area contributed by atoms with Gasteiger partial charge >= 0.3 is 0 Å². The number of rotatable bonds is 6. The van der Waals surface area contributed by atoms with E-state index < -0.39 is 0 Å². The third-order valence-electron chi connectivity index (χ3n) is 3.92. The summed E-state index contributed by atoms with van der Waals surface area (Å²) in [6, 6.07) is 2.37. The van der Waals surface area contributed by atoms with Gasteiger partial charge in [-0.15, -0.1) is 0 Å². The molecular weight excluding hydrogens is 250 g/mol. The highest BCUT2D eigenvalue weighted by Crippen LogP contribution is 2.22. The van der Waals surface area contributed by atoms with Crippen LogP contribution in [-0.4, -0.2) is 26.1 Å². The second-order valence-corrected chi connectivity index (χ2v) is 5.36. The lowest BCUT2D eigenvalue weighted by Gasteiger charge is -2.19. The molecule has 5 heteroatoms. The molecule has 0 amide bonds. The smallest absolute Gasteiger partial charge is 0.0629 e. The Morgan fingerprint density at radius 1 is 1.25 bits per heavy atom. The first-order valence-corrected chi connectivity index (χ1v) is 7.25. The van der Waals surface area contributed by atoms with E-state index in [0.717, 1.165) is 25.1 Å². The van der Waals surface area contributed by atoms with Crippen molar-refractivity contribution in [2.45, 2.75) is 39.7 Å². The van der Waals surface area contributed by atoms with Crippen LogP contribution in [0.25, 0.3) is 0 Å². The van der Waals surface area contributed by atoms with Crippen molar-refractivity contribution >= 4 is 0 Å². The summed E-state index contributed by atoms with van der Waals surface area (Å²) in [5.74, 6) is 0. The van der Waals surface area contributed by atoms with Crippen molar-refractivity contribution in [1.82, 2.24) is 24.9 Å². The van der Waals surface area contributed by atoms with Gasteiger partial charge < -0.3 is 5.32 Å². The van der Waals surface area contributed by atoms with Crippen molar-refractivity contribution in [3.8, 4) is 0 Å². The van der Waals surface area contributed by atoms with Crippen LogP contribution in [0.1, 0.15) is 42.0 Å². The maximum Gasteiger partial charge on any atom is 0.0629 e. The summed E-state index contributed by atoms with van der Waals surface area (Å²) in [6.07, 6.45) is 3.93. The van der Waals surface area contributed by atoms with Crippen molar-refractivity contribution in [2.75, 3.05) is 6.54 Å². The third kappa shape index (κ3) is 2.93. The highest BCUT2D eigenvalue weighted by Gasteiger charge is 2.19. The molecule has 1 atom stereocenters. The fraction of sp³-hybridized carbons (Fsp3) is 0.600. The molecule has 2 heterocycles. The molecule has 0 aromatic carbocycles. The number of hydrogen-bond donors (Lipinski definition) is 1. The van der Waals surface area contributed by atoms with Gasteiger partial charge in [-0.25, -0.2) is 0 Å². The van der Waals surface area contributed by atoms with E-state index >= 15 is 0 Å². The van der Waals surface area contributed by atoms with Crippen molar-refractivity contribution in [2.24, 2.45) is 14.1 Å². The van der Waals surface area contributed by atoms with Gasteiger partial charge in [0.25, 0.3) is 0 Å². The molecule has 1 N–H and O–H groups in total. The molecule has 0 bridgehead atoms. The van der Waals surface area contributed by atoms with Crippen LogP contribution in [0, 0.1) is 13.8 Å². The van der Waals surface area contributed by atoms with Gasteiger partial charge in [0.2, 0.25) is 0 Å². The van der Waals surface area contributed by atoms with E-state index in [2.05, 4.69) is 42.4 Å². The standard InChI is InChI=1S/C15H25N5/c1-6-8-16-14(15-7-9-17-20(15)5)10-13-11(2)18-19(4)12(13)3/h7,9,14,16H,6,8,10H2,1-5H3. The minimum Gasteiger partial charge on any atom is -0.308 e. The first-order chi connectivity index (χ1) is 9.54. The number of nitrogens with one attached hydrogen (secondary N) is 1. The molecule has 0 radical (unpaired) electrons. The van der Waals surface area contributed by atoms with Gasteiger partial charge in [-0.2, -0.15) is 10.2 Å². The summed E-state index contributed by atoms with van der Waals surface area (Å²) in [4.78, 5) is 0. The predicted molar refractivity (Wildman–Crippen MR) is 80.6 cm³/mol. The fourth-order valence-electron chi connectivity index (χ4n) is 2.64. The molecule has 2 rings (SSSR count). The Labute approximate surface area is 121 Å². The predicted octanol–water partition coefficient (Wildman–Crippen LogP) is 2.05. The zero-order valence-electron chi connectivity index (χ0n) is 13.1. The second-order valence-electron chi connectivity index (χ2n) is 5.36. The minimum absolute atomic E-state index is 0.282. The minimum atomic E-state index is 0.282. The zero-order valence-corrected chi connectivity index (χ0v) is 13.1. The van der Waals surface area contributed by atoms with E-state index in [4.69, 9.17) is 0 Å². The number of aryl methyl sites for hydroxylation is 3. The maximum atomic E-state index is 4.51. The van der Waals surface area contributed by atoms with E-state index in [1.165, 1.54) is 17.0 Å². The molecule has 1 unspecified atom stereocenters. The van der Waals surface area contributed by atoms with E-state index in [9.17, 15) is 0 Å². The molecule has 0 aliphatic carbocycles. The monoisotopic (exact) mass is 275 g/mol. The average Bonchev–Trinajstić information content (AvgIpc) is 2.93. The molecule has 0 aliphatic heterocycles. The average molecular weight is 275 g/mol. The van der Waals surface area contributed by atoms with Crippen LogP contribution in [-0.2, 0) is 20.5 Å². The second kappa shape index (κ2) is 6.22. The number of hydrogen-bond acceptors (Lipinski definition) is 3. The Hall–Kier alpha value is -1.62. The molecule has 2 aromatic heterocycles. The summed E-state index contributed by atoms with van der Waals surface area (Å²) in [5.41, 5.74) is 4.92. The quantitative estimate of drug-likeness (QED) is 0.878. The van der Waals surface area contributed by atoms with Crippen LogP contribution in [0.15, 0.2) is 12.3 Å². The normalized spacial score (nSPS) is 12.8. The number of aromatic nitrogens is 4. The van der Waals surface area contributed by atoms with Crippen LogP contribution in [0.5, 0.6) is 0 Å². The van der Waals surface area contributed by atoms with Crippen LogP contribution in [0.2, 0.25) is 0 Å². The molecule has 2 aromatic rings. The SMILES string of the molecule is CCCNC(Cc1c(C)nn(C)c1C)c1ccnn1C. The Balaban J connectivity index is 2.26. The van der Waals surface area contributed by atoms with Crippen molar-refractivity contribution in [1.29, 1.82) is 0 Å². The van der Waals surface area contributed by atoms with Crippen LogP contribution in [0.4, 0.5) is 0 Å². The molecular formula is C15H25N5. The summed E-state index contributed by atoms with van der Waals surface area (Å²) in [5, 5.41) is 12.4. The van der Waals surface area contributed by atoms with Gasteiger partial charge in [0.05, 0.1) is 17.4 Å². The topological polar surface area (TPSA) is 47.7 Å². The van der Waals surface area contributed by atoms with Crippen LogP contribution >= 0.6 is 0 Å². The van der Waals surface area contributed by atoms with Gasteiger partial charge in [0.15, 0.2) is 0 Å². The lowest BCUT2D eigenvalue weighted by molar-refractivity contribution is 0.492. The Morgan fingerprint density at radius 2 is 2.00 bits per heavy atom. The zero-order chi connectivity index (χ0) is 14.7. The molecule has 110 valence electrons. The summed E-state index contributed by atoms with van der Waals surface area (Å²) in [6.45, 7) is 7.42. The highest BCUT2D eigenvalue weighted by molar-refractivity contribution is 5.27. The third-order valence-corrected chi connectivity index (χ3v) is 3.92. The Bertz CT molecular complexity index is 567. The van der Waals surface area contributed by atoms with Crippen molar-refractivity contribution in [3.05, 3.63) is 34.9 Å².